The van der Waals surface area contributed by atoms with Crippen molar-refractivity contribution in [1.82, 2.24) is 0 Å². The predicted octanol–water partition coefficient (Wildman–Crippen LogP) is 4.94. The van der Waals surface area contributed by atoms with Gasteiger partial charge in [-0.15, -0.1) is 6.58 Å². The van der Waals surface area contributed by atoms with Gasteiger partial charge >= 0.3 is 0 Å². The number of allylic oxidation sites excluding steroid dienone is 1. The second-order valence-corrected chi connectivity index (χ2v) is 4.39. The SMILES string of the molecule is C=CC.CCOc1ccc(C2CCCC2)cc1. The first-order valence-electron chi connectivity index (χ1n) is 6.61. The van der Waals surface area contributed by atoms with Gasteiger partial charge in [0.2, 0.25) is 0 Å². The van der Waals surface area contributed by atoms with Gasteiger partial charge in [0.05, 0.1) is 6.61 Å². The zero-order chi connectivity index (χ0) is 12.5. The van der Waals surface area contributed by atoms with Crippen LogP contribution in [-0.4, -0.2) is 6.61 Å². The Morgan fingerprint density at radius 2 is 1.76 bits per heavy atom. The summed E-state index contributed by atoms with van der Waals surface area (Å²) in [6.45, 7) is 8.02. The maximum Gasteiger partial charge on any atom is 0.119 e. The topological polar surface area (TPSA) is 9.23 Å². The van der Waals surface area contributed by atoms with Crippen LogP contribution < -0.4 is 4.74 Å². The minimum atomic E-state index is 0.753. The largest absolute Gasteiger partial charge is 0.494 e. The summed E-state index contributed by atoms with van der Waals surface area (Å²) in [6, 6.07) is 8.64. The quantitative estimate of drug-likeness (QED) is 0.671. The molecule has 0 aliphatic heterocycles. The van der Waals surface area contributed by atoms with Crippen molar-refractivity contribution < 1.29 is 4.74 Å². The van der Waals surface area contributed by atoms with Crippen LogP contribution in [0, 0.1) is 0 Å². The highest BCUT2D eigenvalue weighted by Crippen LogP contribution is 2.34. The van der Waals surface area contributed by atoms with Gasteiger partial charge in [-0.25, -0.2) is 0 Å². The summed E-state index contributed by atoms with van der Waals surface area (Å²) in [4.78, 5) is 0. The van der Waals surface area contributed by atoms with Crippen molar-refractivity contribution in [3.05, 3.63) is 42.5 Å². The van der Waals surface area contributed by atoms with E-state index < -0.39 is 0 Å². The average molecular weight is 232 g/mol. The van der Waals surface area contributed by atoms with Crippen LogP contribution in [0.2, 0.25) is 0 Å². The fourth-order valence-corrected chi connectivity index (χ4v) is 2.26. The standard InChI is InChI=1S/C13H18O.C3H6/c1-2-14-13-9-7-12(8-10-13)11-5-3-4-6-11;1-3-2/h7-11H,2-6H2,1H3;3H,1H2,2H3. The first-order chi connectivity index (χ1) is 8.31. The van der Waals surface area contributed by atoms with Crippen molar-refractivity contribution in [2.45, 2.75) is 45.4 Å². The molecule has 0 amide bonds. The fraction of sp³-hybridized carbons (Fsp3) is 0.500. The number of benzene rings is 1. The summed E-state index contributed by atoms with van der Waals surface area (Å²) in [5.74, 6) is 1.81. The van der Waals surface area contributed by atoms with Gasteiger partial charge < -0.3 is 4.74 Å². The van der Waals surface area contributed by atoms with Gasteiger partial charge in [-0.3, -0.25) is 0 Å². The molecule has 0 heterocycles. The Kier molecular flexibility index (Phi) is 6.46. The molecule has 1 saturated carbocycles. The molecule has 17 heavy (non-hydrogen) atoms. The van der Waals surface area contributed by atoms with Crippen LogP contribution in [0.25, 0.3) is 0 Å². The molecule has 94 valence electrons. The smallest absolute Gasteiger partial charge is 0.119 e. The average Bonchev–Trinajstić information content (AvgIpc) is 2.85. The van der Waals surface area contributed by atoms with E-state index in [-0.39, 0.29) is 0 Å². The van der Waals surface area contributed by atoms with Gasteiger partial charge in [0.15, 0.2) is 0 Å². The van der Waals surface area contributed by atoms with Crippen molar-refractivity contribution in [3.8, 4) is 5.75 Å². The lowest BCUT2D eigenvalue weighted by Gasteiger charge is -2.10. The molecule has 0 radical (unpaired) electrons. The third-order valence-electron chi connectivity index (χ3n) is 3.02. The van der Waals surface area contributed by atoms with E-state index in [4.69, 9.17) is 4.74 Å². The first kappa shape index (κ1) is 13.8. The lowest BCUT2D eigenvalue weighted by atomic mass is 9.98. The lowest BCUT2D eigenvalue weighted by molar-refractivity contribution is 0.340. The molecular formula is C16H24O. The van der Waals surface area contributed by atoms with Crippen molar-refractivity contribution >= 4 is 0 Å². The Morgan fingerprint density at radius 1 is 1.24 bits per heavy atom. The monoisotopic (exact) mass is 232 g/mol. The molecule has 1 aliphatic carbocycles. The Hall–Kier alpha value is -1.24. The summed E-state index contributed by atoms with van der Waals surface area (Å²) in [5, 5.41) is 0. The van der Waals surface area contributed by atoms with E-state index >= 15 is 0 Å². The normalized spacial score (nSPS) is 14.9. The van der Waals surface area contributed by atoms with Gasteiger partial charge in [-0.2, -0.15) is 0 Å². The third kappa shape index (κ3) is 4.64. The van der Waals surface area contributed by atoms with E-state index in [1.165, 1.54) is 31.2 Å². The molecular weight excluding hydrogens is 208 g/mol. The van der Waals surface area contributed by atoms with E-state index in [1.54, 1.807) is 6.08 Å². The Balaban J connectivity index is 0.000000437. The number of hydrogen-bond acceptors (Lipinski definition) is 1. The maximum atomic E-state index is 5.42. The molecule has 0 bridgehead atoms. The Bertz CT molecular complexity index is 307. The van der Waals surface area contributed by atoms with Crippen LogP contribution in [0.1, 0.15) is 51.0 Å². The van der Waals surface area contributed by atoms with E-state index in [2.05, 4.69) is 30.8 Å². The molecule has 0 saturated heterocycles. The van der Waals surface area contributed by atoms with E-state index in [9.17, 15) is 0 Å². The zero-order valence-corrected chi connectivity index (χ0v) is 11.1. The third-order valence-corrected chi connectivity index (χ3v) is 3.02. The summed E-state index contributed by atoms with van der Waals surface area (Å²) in [5.41, 5.74) is 1.49. The lowest BCUT2D eigenvalue weighted by Crippen LogP contribution is -1.94. The molecule has 1 nitrogen and oxygen atoms in total. The summed E-state index contributed by atoms with van der Waals surface area (Å²) in [6.07, 6.45) is 7.29. The molecule has 2 rings (SSSR count). The predicted molar refractivity (Wildman–Crippen MR) is 74.7 cm³/mol. The van der Waals surface area contributed by atoms with Gasteiger partial charge in [0, 0.05) is 0 Å². The summed E-state index contributed by atoms with van der Waals surface area (Å²) >= 11 is 0. The highest BCUT2D eigenvalue weighted by atomic mass is 16.5. The van der Waals surface area contributed by atoms with E-state index in [0.717, 1.165) is 18.3 Å². The first-order valence-corrected chi connectivity index (χ1v) is 6.61. The highest BCUT2D eigenvalue weighted by Gasteiger charge is 2.16. The number of rotatable bonds is 3. The van der Waals surface area contributed by atoms with Crippen LogP contribution in [0.5, 0.6) is 5.75 Å². The molecule has 1 aromatic rings. The molecule has 1 aliphatic rings. The second-order valence-electron chi connectivity index (χ2n) is 4.39. The van der Waals surface area contributed by atoms with E-state index in [0.29, 0.717) is 0 Å². The summed E-state index contributed by atoms with van der Waals surface area (Å²) in [7, 11) is 0. The minimum absolute atomic E-state index is 0.753. The van der Waals surface area contributed by atoms with Crippen molar-refractivity contribution in [3.63, 3.8) is 0 Å². The Morgan fingerprint density at radius 3 is 2.24 bits per heavy atom. The molecule has 1 heteroatoms. The molecule has 0 unspecified atom stereocenters. The van der Waals surface area contributed by atoms with Gasteiger partial charge in [-0.05, 0) is 50.3 Å². The maximum absolute atomic E-state index is 5.42. The highest BCUT2D eigenvalue weighted by molar-refractivity contribution is 5.29. The van der Waals surface area contributed by atoms with Gasteiger partial charge in [0.1, 0.15) is 5.75 Å². The zero-order valence-electron chi connectivity index (χ0n) is 11.1. The fourth-order valence-electron chi connectivity index (χ4n) is 2.26. The van der Waals surface area contributed by atoms with Gasteiger partial charge in [0.25, 0.3) is 0 Å². The van der Waals surface area contributed by atoms with Crippen molar-refractivity contribution in [2.75, 3.05) is 6.61 Å². The van der Waals surface area contributed by atoms with Crippen LogP contribution in [0.15, 0.2) is 36.9 Å². The molecule has 0 spiro atoms. The van der Waals surface area contributed by atoms with Crippen molar-refractivity contribution in [1.29, 1.82) is 0 Å². The van der Waals surface area contributed by atoms with Crippen LogP contribution in [-0.2, 0) is 0 Å². The Labute approximate surface area is 106 Å². The minimum Gasteiger partial charge on any atom is -0.494 e. The van der Waals surface area contributed by atoms with Gasteiger partial charge in [-0.1, -0.05) is 31.1 Å². The van der Waals surface area contributed by atoms with Crippen LogP contribution in [0.3, 0.4) is 0 Å². The van der Waals surface area contributed by atoms with E-state index in [1.807, 2.05) is 13.8 Å². The molecule has 1 aromatic carbocycles. The van der Waals surface area contributed by atoms with Crippen molar-refractivity contribution in [2.24, 2.45) is 0 Å². The van der Waals surface area contributed by atoms with Crippen LogP contribution in [0.4, 0.5) is 0 Å². The molecule has 1 fully saturated rings. The second kappa shape index (κ2) is 7.94. The number of ether oxygens (including phenoxy) is 1. The summed E-state index contributed by atoms with van der Waals surface area (Å²) < 4.78 is 5.42. The number of hydrogen-bond donors (Lipinski definition) is 0. The van der Waals surface area contributed by atoms with Crippen LogP contribution >= 0.6 is 0 Å². The molecule has 0 aromatic heterocycles. The molecule has 0 atom stereocenters. The molecule has 0 N–H and O–H groups in total.